The van der Waals surface area contributed by atoms with Crippen molar-refractivity contribution in [1.82, 2.24) is 9.97 Å². The number of nitrogens with one attached hydrogen (secondary N) is 1. The predicted molar refractivity (Wildman–Crippen MR) is 109 cm³/mol. The van der Waals surface area contributed by atoms with Crippen molar-refractivity contribution >= 4 is 55.6 Å². The van der Waals surface area contributed by atoms with Gasteiger partial charge in [-0.1, -0.05) is 13.8 Å². The van der Waals surface area contributed by atoms with E-state index in [-0.39, 0.29) is 18.3 Å². The number of fused-ring (bicyclic) bond motifs is 1. The summed E-state index contributed by atoms with van der Waals surface area (Å²) in [7, 11) is 0. The number of hydrogen-bond donors (Lipinski definition) is 2. The third-order valence-electron chi connectivity index (χ3n) is 3.81. The summed E-state index contributed by atoms with van der Waals surface area (Å²) in [5.41, 5.74) is 7.53. The van der Waals surface area contributed by atoms with Crippen LogP contribution >= 0.6 is 22.7 Å². The van der Waals surface area contributed by atoms with Gasteiger partial charge in [0, 0.05) is 22.2 Å². The number of thiazole rings is 1. The van der Waals surface area contributed by atoms with Crippen molar-refractivity contribution in [2.45, 2.75) is 33.1 Å². The van der Waals surface area contributed by atoms with Crippen molar-refractivity contribution in [3.63, 3.8) is 0 Å². The summed E-state index contributed by atoms with van der Waals surface area (Å²) in [4.78, 5) is 34.8. The summed E-state index contributed by atoms with van der Waals surface area (Å²) >= 11 is 2.49. The molecule has 1 amide bonds. The molecule has 3 heterocycles. The molecule has 0 saturated carbocycles. The zero-order valence-corrected chi connectivity index (χ0v) is 16.9. The number of esters is 1. The fraction of sp³-hybridized carbons (Fsp3) is 0.333. The van der Waals surface area contributed by atoms with Crippen molar-refractivity contribution in [2.24, 2.45) is 0 Å². The van der Waals surface area contributed by atoms with Crippen LogP contribution in [0.2, 0.25) is 0 Å². The molecule has 0 fully saturated rings. The molecule has 3 aromatic rings. The van der Waals surface area contributed by atoms with Crippen LogP contribution in [0.3, 0.4) is 0 Å². The number of rotatable bonds is 6. The largest absolute Gasteiger partial charge is 0.466 e. The topological polar surface area (TPSA) is 107 Å². The zero-order valence-electron chi connectivity index (χ0n) is 15.2. The highest BCUT2D eigenvalue weighted by atomic mass is 32.1. The number of nitrogens with two attached hydrogens (primary N) is 1. The SMILES string of the molecule is CCOC(=O)Cc1cnc(NC(=O)c2sc3nc(C(C)C)ccc3c2N)s1. The van der Waals surface area contributed by atoms with E-state index in [9.17, 15) is 9.59 Å². The number of amides is 1. The van der Waals surface area contributed by atoms with Crippen LogP contribution in [0.5, 0.6) is 0 Å². The first-order valence-electron chi connectivity index (χ1n) is 8.49. The van der Waals surface area contributed by atoms with Crippen molar-refractivity contribution in [3.05, 3.63) is 33.8 Å². The van der Waals surface area contributed by atoms with E-state index in [0.29, 0.717) is 28.2 Å². The quantitative estimate of drug-likeness (QED) is 0.605. The minimum absolute atomic E-state index is 0.133. The number of anilines is 2. The molecule has 0 atom stereocenters. The second kappa shape index (κ2) is 8.01. The summed E-state index contributed by atoms with van der Waals surface area (Å²) in [5.74, 6) is -0.360. The second-order valence-electron chi connectivity index (χ2n) is 6.16. The van der Waals surface area contributed by atoms with Crippen molar-refractivity contribution < 1.29 is 14.3 Å². The number of aromatic nitrogens is 2. The lowest BCUT2D eigenvalue weighted by atomic mass is 10.1. The van der Waals surface area contributed by atoms with Gasteiger partial charge in [0.25, 0.3) is 5.91 Å². The van der Waals surface area contributed by atoms with Crippen molar-refractivity contribution in [1.29, 1.82) is 0 Å². The molecule has 0 aliphatic heterocycles. The van der Waals surface area contributed by atoms with Crippen LogP contribution in [0.4, 0.5) is 10.8 Å². The molecule has 0 aliphatic carbocycles. The molecular weight excluding hydrogens is 384 g/mol. The Morgan fingerprint density at radius 1 is 1.30 bits per heavy atom. The molecule has 27 heavy (non-hydrogen) atoms. The molecule has 0 saturated heterocycles. The Labute approximate surface area is 164 Å². The van der Waals surface area contributed by atoms with E-state index < -0.39 is 0 Å². The van der Waals surface area contributed by atoms with Gasteiger partial charge in [0.15, 0.2) is 5.13 Å². The van der Waals surface area contributed by atoms with E-state index in [1.807, 2.05) is 12.1 Å². The first-order chi connectivity index (χ1) is 12.9. The summed E-state index contributed by atoms with van der Waals surface area (Å²) in [6.45, 7) is 6.22. The molecule has 0 bridgehead atoms. The molecule has 142 valence electrons. The molecule has 7 nitrogen and oxygen atoms in total. The third-order valence-corrected chi connectivity index (χ3v) is 5.84. The summed E-state index contributed by atoms with van der Waals surface area (Å²) in [6.07, 6.45) is 1.69. The number of carbonyl (C=O) groups excluding carboxylic acids is 2. The number of ether oxygens (including phenoxy) is 1. The second-order valence-corrected chi connectivity index (χ2v) is 8.27. The first-order valence-corrected chi connectivity index (χ1v) is 10.1. The van der Waals surface area contributed by atoms with Crippen LogP contribution in [0.15, 0.2) is 18.3 Å². The van der Waals surface area contributed by atoms with Crippen LogP contribution in [-0.2, 0) is 16.0 Å². The molecule has 3 rings (SSSR count). The third kappa shape index (κ3) is 4.25. The number of hydrogen-bond acceptors (Lipinski definition) is 8. The Kier molecular flexibility index (Phi) is 5.71. The van der Waals surface area contributed by atoms with E-state index in [2.05, 4.69) is 29.1 Å². The monoisotopic (exact) mass is 404 g/mol. The maximum Gasteiger partial charge on any atom is 0.311 e. The Morgan fingerprint density at radius 3 is 2.78 bits per heavy atom. The Hall–Kier alpha value is -2.52. The lowest BCUT2D eigenvalue weighted by Crippen LogP contribution is -2.11. The minimum atomic E-state index is -0.335. The van der Waals surface area contributed by atoms with Gasteiger partial charge >= 0.3 is 5.97 Å². The summed E-state index contributed by atoms with van der Waals surface area (Å²) < 4.78 is 4.91. The van der Waals surface area contributed by atoms with Crippen LogP contribution in [-0.4, -0.2) is 28.5 Å². The average Bonchev–Trinajstić information content (AvgIpc) is 3.19. The van der Waals surface area contributed by atoms with Crippen LogP contribution in [0, 0.1) is 0 Å². The van der Waals surface area contributed by atoms with Crippen LogP contribution < -0.4 is 11.1 Å². The number of carbonyl (C=O) groups is 2. The minimum Gasteiger partial charge on any atom is -0.466 e. The van der Waals surface area contributed by atoms with E-state index in [0.717, 1.165) is 20.8 Å². The number of pyridine rings is 1. The van der Waals surface area contributed by atoms with Gasteiger partial charge in [-0.05, 0) is 25.0 Å². The van der Waals surface area contributed by atoms with Gasteiger partial charge in [-0.3, -0.25) is 14.9 Å². The molecule has 3 N–H and O–H groups in total. The van der Waals surface area contributed by atoms with Crippen LogP contribution in [0.25, 0.3) is 10.2 Å². The Bertz CT molecular complexity index is 994. The highest BCUT2D eigenvalue weighted by Crippen LogP contribution is 2.34. The molecule has 0 radical (unpaired) electrons. The van der Waals surface area contributed by atoms with Gasteiger partial charge in [0.2, 0.25) is 0 Å². The highest BCUT2D eigenvalue weighted by molar-refractivity contribution is 7.21. The number of thiophene rings is 1. The smallest absolute Gasteiger partial charge is 0.311 e. The molecule has 9 heteroatoms. The number of nitrogens with zero attached hydrogens (tertiary/aromatic N) is 2. The lowest BCUT2D eigenvalue weighted by molar-refractivity contribution is -0.142. The van der Waals surface area contributed by atoms with Crippen LogP contribution in [0.1, 0.15) is 46.9 Å². The van der Waals surface area contributed by atoms with E-state index in [1.165, 1.54) is 22.7 Å². The van der Waals surface area contributed by atoms with Gasteiger partial charge in [0.1, 0.15) is 9.71 Å². The molecular formula is C18H20N4O3S2. The maximum atomic E-state index is 12.6. The first kappa shape index (κ1) is 19.2. The van der Waals surface area contributed by atoms with E-state index in [1.54, 1.807) is 13.1 Å². The molecule has 0 aromatic carbocycles. The Morgan fingerprint density at radius 2 is 2.07 bits per heavy atom. The molecule has 3 aromatic heterocycles. The Balaban J connectivity index is 1.77. The van der Waals surface area contributed by atoms with Gasteiger partial charge < -0.3 is 10.5 Å². The van der Waals surface area contributed by atoms with Gasteiger partial charge in [0.05, 0.1) is 18.7 Å². The summed E-state index contributed by atoms with van der Waals surface area (Å²) in [6, 6.07) is 3.83. The standard InChI is InChI=1S/C18H20N4O3S2/c1-4-25-13(23)7-10-8-20-18(26-10)22-16(24)15-14(19)11-5-6-12(9(2)3)21-17(11)27-15/h5-6,8-9H,4,7,19H2,1-3H3,(H,20,22,24). The zero-order chi connectivity index (χ0) is 19.6. The molecule has 0 spiro atoms. The fourth-order valence-corrected chi connectivity index (χ4v) is 4.25. The highest BCUT2D eigenvalue weighted by Gasteiger charge is 2.19. The summed E-state index contributed by atoms with van der Waals surface area (Å²) in [5, 5.41) is 3.93. The number of nitrogen functional groups attached to an aromatic ring is 1. The normalized spacial score (nSPS) is 11.1. The maximum absolute atomic E-state index is 12.6. The van der Waals surface area contributed by atoms with Gasteiger partial charge in [-0.2, -0.15) is 0 Å². The fourth-order valence-electron chi connectivity index (χ4n) is 2.46. The predicted octanol–water partition coefficient (Wildman–Crippen LogP) is 3.82. The average molecular weight is 405 g/mol. The molecule has 0 unspecified atom stereocenters. The molecule has 0 aliphatic rings. The van der Waals surface area contributed by atoms with E-state index >= 15 is 0 Å². The lowest BCUT2D eigenvalue weighted by Gasteiger charge is -2.03. The van der Waals surface area contributed by atoms with Gasteiger partial charge in [-0.15, -0.1) is 22.7 Å². The van der Waals surface area contributed by atoms with E-state index in [4.69, 9.17) is 10.5 Å². The van der Waals surface area contributed by atoms with Gasteiger partial charge in [-0.25, -0.2) is 9.97 Å². The van der Waals surface area contributed by atoms with Crippen molar-refractivity contribution in [2.75, 3.05) is 17.7 Å². The van der Waals surface area contributed by atoms with Crippen molar-refractivity contribution in [3.8, 4) is 0 Å².